The molecule has 2 heterocycles. The fraction of sp³-hybridized carbons (Fsp3) is 0.143. The summed E-state index contributed by atoms with van der Waals surface area (Å²) in [6, 6.07) is 14.3. The van der Waals surface area contributed by atoms with Gasteiger partial charge < -0.3 is 9.26 Å². The summed E-state index contributed by atoms with van der Waals surface area (Å²) in [6.45, 7) is 1.92. The molecular formula is C21H16ClN3O5. The van der Waals surface area contributed by atoms with Gasteiger partial charge in [0.25, 0.3) is 0 Å². The summed E-state index contributed by atoms with van der Waals surface area (Å²) in [6.07, 6.45) is 0. The molecule has 0 bridgehead atoms. The Balaban J connectivity index is 1.59. The Bertz CT molecular complexity index is 1140. The summed E-state index contributed by atoms with van der Waals surface area (Å²) in [5.41, 5.74) is 1.23. The SMILES string of the molecule is CCOc1ccccc1N1C(=O)C(=O)N(Cc2cc(-c3cccc(Cl)c3)on2)C1=O. The van der Waals surface area contributed by atoms with Gasteiger partial charge in [0, 0.05) is 16.7 Å². The molecule has 1 saturated heterocycles. The highest BCUT2D eigenvalue weighted by Gasteiger charge is 2.46. The molecule has 0 spiro atoms. The van der Waals surface area contributed by atoms with Crippen LogP contribution in [0.1, 0.15) is 12.6 Å². The van der Waals surface area contributed by atoms with Gasteiger partial charge in [0.15, 0.2) is 5.76 Å². The molecule has 30 heavy (non-hydrogen) atoms. The summed E-state index contributed by atoms with van der Waals surface area (Å²) < 4.78 is 10.8. The molecule has 4 amide bonds. The van der Waals surface area contributed by atoms with E-state index in [9.17, 15) is 14.4 Å². The molecule has 9 heteroatoms. The van der Waals surface area contributed by atoms with Gasteiger partial charge in [-0.05, 0) is 31.2 Å². The molecule has 0 atom stereocenters. The van der Waals surface area contributed by atoms with Crippen molar-refractivity contribution in [3.63, 3.8) is 0 Å². The first kappa shape index (κ1) is 19.7. The Labute approximate surface area is 176 Å². The number of urea groups is 1. The van der Waals surface area contributed by atoms with Crippen molar-refractivity contribution in [1.82, 2.24) is 10.1 Å². The number of carbonyl (C=O) groups excluding carboxylic acids is 3. The van der Waals surface area contributed by atoms with Crippen molar-refractivity contribution in [2.45, 2.75) is 13.5 Å². The molecule has 8 nitrogen and oxygen atoms in total. The normalized spacial score (nSPS) is 14.0. The highest BCUT2D eigenvalue weighted by molar-refractivity contribution is 6.52. The first-order valence-electron chi connectivity index (χ1n) is 9.13. The van der Waals surface area contributed by atoms with E-state index in [1.54, 1.807) is 61.5 Å². The van der Waals surface area contributed by atoms with Crippen molar-refractivity contribution in [1.29, 1.82) is 0 Å². The fourth-order valence-corrected chi connectivity index (χ4v) is 3.29. The maximum Gasteiger partial charge on any atom is 0.339 e. The van der Waals surface area contributed by atoms with Crippen LogP contribution in [0.3, 0.4) is 0 Å². The number of amides is 4. The van der Waals surface area contributed by atoms with E-state index in [-0.39, 0.29) is 12.2 Å². The number of hydrogen-bond donors (Lipinski definition) is 0. The highest BCUT2D eigenvalue weighted by Crippen LogP contribution is 2.32. The second kappa shape index (κ2) is 8.00. The second-order valence-electron chi connectivity index (χ2n) is 6.41. The quantitative estimate of drug-likeness (QED) is 0.439. The molecule has 4 rings (SSSR count). The van der Waals surface area contributed by atoms with Crippen molar-refractivity contribution in [3.8, 4) is 17.1 Å². The molecule has 0 radical (unpaired) electrons. The number of hydrogen-bond acceptors (Lipinski definition) is 6. The van der Waals surface area contributed by atoms with Gasteiger partial charge in [0.05, 0.1) is 18.8 Å². The molecule has 1 aliphatic rings. The average Bonchev–Trinajstić information content (AvgIpc) is 3.28. The fourth-order valence-electron chi connectivity index (χ4n) is 3.10. The first-order chi connectivity index (χ1) is 14.5. The van der Waals surface area contributed by atoms with E-state index in [1.165, 1.54) is 0 Å². The zero-order valence-electron chi connectivity index (χ0n) is 15.9. The Hall–Kier alpha value is -3.65. The summed E-state index contributed by atoms with van der Waals surface area (Å²) in [5.74, 6) is -1.14. The molecule has 0 unspecified atom stereocenters. The van der Waals surface area contributed by atoms with Crippen LogP contribution in [0, 0.1) is 0 Å². The van der Waals surface area contributed by atoms with E-state index in [0.717, 1.165) is 9.80 Å². The monoisotopic (exact) mass is 425 g/mol. The van der Waals surface area contributed by atoms with Crippen LogP contribution in [0.15, 0.2) is 59.1 Å². The molecule has 0 saturated carbocycles. The van der Waals surface area contributed by atoms with E-state index in [4.69, 9.17) is 20.9 Å². The smallest absolute Gasteiger partial charge is 0.339 e. The van der Waals surface area contributed by atoms with Gasteiger partial charge in [-0.1, -0.05) is 41.0 Å². The molecule has 1 aliphatic heterocycles. The third kappa shape index (κ3) is 3.53. The van der Waals surface area contributed by atoms with Crippen molar-refractivity contribution in [2.75, 3.05) is 11.5 Å². The minimum Gasteiger partial charge on any atom is -0.492 e. The molecular weight excluding hydrogens is 410 g/mol. The lowest BCUT2D eigenvalue weighted by Crippen LogP contribution is -2.33. The number of benzene rings is 2. The number of ether oxygens (including phenoxy) is 1. The maximum absolute atomic E-state index is 12.9. The molecule has 1 aromatic heterocycles. The Morgan fingerprint density at radius 1 is 1.03 bits per heavy atom. The van der Waals surface area contributed by atoms with E-state index in [2.05, 4.69) is 5.16 Å². The van der Waals surface area contributed by atoms with E-state index >= 15 is 0 Å². The molecule has 152 valence electrons. The lowest BCUT2D eigenvalue weighted by molar-refractivity contribution is -0.139. The average molecular weight is 426 g/mol. The number of nitrogens with zero attached hydrogens (tertiary/aromatic N) is 3. The minimum absolute atomic E-state index is 0.208. The summed E-state index contributed by atoms with van der Waals surface area (Å²) in [4.78, 5) is 39.6. The van der Waals surface area contributed by atoms with Gasteiger partial charge in [-0.2, -0.15) is 0 Å². The van der Waals surface area contributed by atoms with Gasteiger partial charge in [-0.3, -0.25) is 9.59 Å². The summed E-state index contributed by atoms with van der Waals surface area (Å²) in [5, 5.41) is 4.44. The van der Waals surface area contributed by atoms with Crippen LogP contribution in [-0.4, -0.2) is 34.5 Å². The molecule has 0 aliphatic carbocycles. The third-order valence-electron chi connectivity index (χ3n) is 4.45. The number of anilines is 1. The molecule has 2 aromatic carbocycles. The van der Waals surface area contributed by atoms with Crippen LogP contribution in [0.2, 0.25) is 5.02 Å². The summed E-state index contributed by atoms with van der Waals surface area (Å²) >= 11 is 5.99. The Morgan fingerprint density at radius 2 is 1.83 bits per heavy atom. The molecule has 1 fully saturated rings. The van der Waals surface area contributed by atoms with Crippen LogP contribution in [-0.2, 0) is 16.1 Å². The third-order valence-corrected chi connectivity index (χ3v) is 4.68. The summed E-state index contributed by atoms with van der Waals surface area (Å²) in [7, 11) is 0. The van der Waals surface area contributed by atoms with Crippen molar-refractivity contribution in [3.05, 3.63) is 65.3 Å². The van der Waals surface area contributed by atoms with Gasteiger partial charge in [-0.25, -0.2) is 14.6 Å². The van der Waals surface area contributed by atoms with Gasteiger partial charge in [-0.15, -0.1) is 0 Å². The number of imide groups is 2. The zero-order chi connectivity index (χ0) is 21.3. The van der Waals surface area contributed by atoms with Crippen LogP contribution >= 0.6 is 11.6 Å². The van der Waals surface area contributed by atoms with Crippen molar-refractivity contribution < 1.29 is 23.6 Å². The maximum atomic E-state index is 12.9. The van der Waals surface area contributed by atoms with E-state index in [1.807, 2.05) is 0 Å². The Kier molecular flexibility index (Phi) is 5.24. The Morgan fingerprint density at radius 3 is 2.60 bits per heavy atom. The minimum atomic E-state index is -0.953. The topological polar surface area (TPSA) is 92.9 Å². The van der Waals surface area contributed by atoms with Gasteiger partial charge in [0.2, 0.25) is 0 Å². The van der Waals surface area contributed by atoms with Crippen molar-refractivity contribution in [2.24, 2.45) is 0 Å². The number of aromatic nitrogens is 1. The number of carbonyl (C=O) groups is 3. The highest BCUT2D eigenvalue weighted by atomic mass is 35.5. The number of para-hydroxylation sites is 2. The van der Waals surface area contributed by atoms with Crippen LogP contribution in [0.5, 0.6) is 5.75 Å². The zero-order valence-corrected chi connectivity index (χ0v) is 16.6. The lowest BCUT2D eigenvalue weighted by Gasteiger charge is -2.17. The van der Waals surface area contributed by atoms with Crippen LogP contribution < -0.4 is 9.64 Å². The van der Waals surface area contributed by atoms with Gasteiger partial charge >= 0.3 is 17.8 Å². The molecule has 0 N–H and O–H groups in total. The second-order valence-corrected chi connectivity index (χ2v) is 6.84. The lowest BCUT2D eigenvalue weighted by atomic mass is 10.1. The van der Waals surface area contributed by atoms with Crippen molar-refractivity contribution >= 4 is 35.1 Å². The first-order valence-corrected chi connectivity index (χ1v) is 9.50. The van der Waals surface area contributed by atoms with E-state index < -0.39 is 17.8 Å². The van der Waals surface area contributed by atoms with E-state index in [0.29, 0.717) is 34.4 Å². The number of halogens is 1. The predicted molar refractivity (Wildman–Crippen MR) is 108 cm³/mol. The predicted octanol–water partition coefficient (Wildman–Crippen LogP) is 3.89. The standard InChI is InChI=1S/C21H16ClN3O5/c1-2-29-17-9-4-3-8-16(17)25-20(27)19(26)24(21(25)28)12-15-11-18(30-23-15)13-6-5-7-14(22)10-13/h3-11H,2,12H2,1H3. The number of rotatable bonds is 6. The van der Waals surface area contributed by atoms with Gasteiger partial charge in [0.1, 0.15) is 11.4 Å². The largest absolute Gasteiger partial charge is 0.492 e. The van der Waals surface area contributed by atoms with Crippen LogP contribution in [0.4, 0.5) is 10.5 Å². The van der Waals surface area contributed by atoms with Crippen LogP contribution in [0.25, 0.3) is 11.3 Å². The molecule has 3 aromatic rings.